The van der Waals surface area contributed by atoms with E-state index in [-0.39, 0.29) is 11.3 Å². The maximum atomic E-state index is 13.3. The van der Waals surface area contributed by atoms with Gasteiger partial charge in [-0.15, -0.1) is 0 Å². The second kappa shape index (κ2) is 12.9. The summed E-state index contributed by atoms with van der Waals surface area (Å²) in [5, 5.41) is 11.2. The van der Waals surface area contributed by atoms with Crippen molar-refractivity contribution in [2.75, 3.05) is 19.8 Å². The molecule has 1 N–H and O–H groups in total. The molecule has 38 heavy (non-hydrogen) atoms. The van der Waals surface area contributed by atoms with Crippen molar-refractivity contribution in [3.8, 4) is 11.5 Å². The van der Waals surface area contributed by atoms with Gasteiger partial charge < -0.3 is 24.0 Å². The molecule has 1 unspecified atom stereocenters. The molecule has 1 amide bonds. The summed E-state index contributed by atoms with van der Waals surface area (Å²) in [5.41, 5.74) is 1.12. The normalized spacial score (nSPS) is 16.7. The summed E-state index contributed by atoms with van der Waals surface area (Å²) >= 11 is 0. The molecule has 0 radical (unpaired) electrons. The highest BCUT2D eigenvalue weighted by Gasteiger charge is 2.46. The summed E-state index contributed by atoms with van der Waals surface area (Å²) in [6.07, 6.45) is 12.0. The molecule has 9 heteroatoms. The van der Waals surface area contributed by atoms with Crippen molar-refractivity contribution in [2.45, 2.75) is 52.1 Å². The largest absolute Gasteiger partial charge is 0.507 e. The zero-order valence-corrected chi connectivity index (χ0v) is 21.9. The topological polar surface area (TPSA) is 107 Å². The molecule has 1 fully saturated rings. The van der Waals surface area contributed by atoms with Crippen molar-refractivity contribution in [3.63, 3.8) is 0 Å². The molecule has 1 atom stereocenters. The van der Waals surface area contributed by atoms with Crippen molar-refractivity contribution < 1.29 is 24.2 Å². The van der Waals surface area contributed by atoms with Crippen molar-refractivity contribution in [1.29, 1.82) is 0 Å². The molecule has 0 bridgehead atoms. The van der Waals surface area contributed by atoms with Gasteiger partial charge in [0.15, 0.2) is 11.5 Å². The number of ether oxygens (including phenoxy) is 2. The molecule has 3 heterocycles. The number of carbonyl (C=O) groups excluding carboxylic acids is 2. The Morgan fingerprint density at radius 1 is 0.947 bits per heavy atom. The van der Waals surface area contributed by atoms with E-state index in [0.29, 0.717) is 55.4 Å². The van der Waals surface area contributed by atoms with Crippen molar-refractivity contribution >= 4 is 17.4 Å². The standard InChI is InChI=1S/C29H34N4O5/c1-3-5-6-18-38-23-9-8-22(19-24(23)37-4-2)26-25(27(34)21-10-12-30-13-11-21)28(35)29(36)33(26)16-7-15-32-17-14-31-20-32/h8-14,17,19-20,26,34H,3-7,15-16,18H2,1-2H3. The van der Waals surface area contributed by atoms with Crippen LogP contribution >= 0.6 is 0 Å². The summed E-state index contributed by atoms with van der Waals surface area (Å²) in [5.74, 6) is -0.447. The van der Waals surface area contributed by atoms with Gasteiger partial charge in [-0.25, -0.2) is 4.98 Å². The van der Waals surface area contributed by atoms with Crippen molar-refractivity contribution in [3.05, 3.63) is 78.1 Å². The van der Waals surface area contributed by atoms with Gasteiger partial charge in [0.05, 0.1) is 31.2 Å². The number of hydrogen-bond donors (Lipinski definition) is 1. The Kier molecular flexibility index (Phi) is 9.13. The Morgan fingerprint density at radius 3 is 2.47 bits per heavy atom. The van der Waals surface area contributed by atoms with E-state index in [9.17, 15) is 14.7 Å². The van der Waals surface area contributed by atoms with E-state index in [1.54, 1.807) is 30.7 Å². The molecule has 200 valence electrons. The van der Waals surface area contributed by atoms with E-state index in [1.807, 2.05) is 29.8 Å². The van der Waals surface area contributed by atoms with Crippen molar-refractivity contribution in [1.82, 2.24) is 19.4 Å². The molecule has 3 aromatic rings. The Morgan fingerprint density at radius 2 is 1.76 bits per heavy atom. The van der Waals surface area contributed by atoms with E-state index >= 15 is 0 Å². The van der Waals surface area contributed by atoms with E-state index in [2.05, 4.69) is 16.9 Å². The fraction of sp³-hybridized carbons (Fsp3) is 0.379. The van der Waals surface area contributed by atoms with E-state index in [0.717, 1.165) is 19.3 Å². The van der Waals surface area contributed by atoms with Crippen LogP contribution in [-0.2, 0) is 16.1 Å². The third-order valence-corrected chi connectivity index (χ3v) is 6.46. The minimum Gasteiger partial charge on any atom is -0.507 e. The van der Waals surface area contributed by atoms with Gasteiger partial charge in [0, 0.05) is 43.4 Å². The van der Waals surface area contributed by atoms with Crippen LogP contribution in [-0.4, -0.2) is 56.0 Å². The number of carbonyl (C=O) groups is 2. The predicted molar refractivity (Wildman–Crippen MR) is 143 cm³/mol. The third kappa shape index (κ3) is 6.04. The summed E-state index contributed by atoms with van der Waals surface area (Å²) in [6.45, 7) is 5.98. The average Bonchev–Trinajstić information content (AvgIpc) is 3.54. The van der Waals surface area contributed by atoms with Crippen LogP contribution < -0.4 is 9.47 Å². The van der Waals surface area contributed by atoms with Gasteiger partial charge in [0.25, 0.3) is 11.7 Å². The lowest BCUT2D eigenvalue weighted by molar-refractivity contribution is -0.139. The van der Waals surface area contributed by atoms with E-state index in [4.69, 9.17) is 9.47 Å². The number of likely N-dealkylation sites (tertiary alicyclic amines) is 1. The summed E-state index contributed by atoms with van der Waals surface area (Å²) in [7, 11) is 0. The predicted octanol–water partition coefficient (Wildman–Crippen LogP) is 4.76. The van der Waals surface area contributed by atoms with Gasteiger partial charge in [0.2, 0.25) is 0 Å². The molecule has 4 rings (SSSR count). The number of hydrogen-bond acceptors (Lipinski definition) is 7. The number of aryl methyl sites for hydroxylation is 1. The van der Waals surface area contributed by atoms with Crippen molar-refractivity contribution in [2.24, 2.45) is 0 Å². The fourth-order valence-corrected chi connectivity index (χ4v) is 4.58. The van der Waals surface area contributed by atoms with Crippen LogP contribution in [0.3, 0.4) is 0 Å². The van der Waals surface area contributed by atoms with Gasteiger partial charge in [-0.3, -0.25) is 14.6 Å². The lowest BCUT2D eigenvalue weighted by Gasteiger charge is -2.26. The number of aliphatic hydroxyl groups is 1. The van der Waals surface area contributed by atoms with Crippen LogP contribution in [0.15, 0.2) is 67.0 Å². The van der Waals surface area contributed by atoms with Crippen LogP contribution in [0.5, 0.6) is 11.5 Å². The van der Waals surface area contributed by atoms with Gasteiger partial charge in [-0.05, 0) is 49.6 Å². The lowest BCUT2D eigenvalue weighted by atomic mass is 9.95. The number of benzene rings is 1. The number of amides is 1. The SMILES string of the molecule is CCCCCOc1ccc(C2C(=C(O)c3ccncc3)C(=O)C(=O)N2CCCn2ccnc2)cc1OCC. The second-order valence-electron chi connectivity index (χ2n) is 9.08. The molecular weight excluding hydrogens is 484 g/mol. The minimum atomic E-state index is -0.778. The van der Waals surface area contributed by atoms with Crippen LogP contribution in [0.2, 0.25) is 0 Å². The number of rotatable bonds is 13. The number of pyridine rings is 1. The summed E-state index contributed by atoms with van der Waals surface area (Å²) in [4.78, 5) is 36.1. The molecule has 0 saturated carbocycles. The lowest BCUT2D eigenvalue weighted by Crippen LogP contribution is -2.31. The molecule has 0 spiro atoms. The molecule has 1 aliphatic heterocycles. The number of Topliss-reactive ketones (excluding diaryl/α,β-unsaturated/α-hetero) is 1. The highest BCUT2D eigenvalue weighted by atomic mass is 16.5. The molecular formula is C29H34N4O5. The van der Waals surface area contributed by atoms with Gasteiger partial charge in [0.1, 0.15) is 5.76 Å². The molecule has 1 saturated heterocycles. The third-order valence-electron chi connectivity index (χ3n) is 6.46. The zero-order valence-electron chi connectivity index (χ0n) is 21.9. The molecule has 2 aromatic heterocycles. The molecule has 0 aliphatic carbocycles. The second-order valence-corrected chi connectivity index (χ2v) is 9.08. The highest BCUT2D eigenvalue weighted by molar-refractivity contribution is 6.46. The Labute approximate surface area is 222 Å². The monoisotopic (exact) mass is 518 g/mol. The van der Waals surface area contributed by atoms with Crippen LogP contribution in [0.4, 0.5) is 0 Å². The first-order valence-electron chi connectivity index (χ1n) is 13.1. The quantitative estimate of drug-likeness (QED) is 0.150. The van der Waals surface area contributed by atoms with E-state index < -0.39 is 17.7 Å². The molecule has 1 aromatic carbocycles. The molecule has 9 nitrogen and oxygen atoms in total. The average molecular weight is 519 g/mol. The minimum absolute atomic E-state index is 0.0443. The number of aromatic nitrogens is 3. The molecule has 1 aliphatic rings. The number of imidazole rings is 1. The Hall–Kier alpha value is -4.14. The number of nitrogens with zero attached hydrogens (tertiary/aromatic N) is 4. The smallest absolute Gasteiger partial charge is 0.295 e. The van der Waals surface area contributed by atoms with Crippen LogP contribution in [0.1, 0.15) is 56.7 Å². The number of ketones is 1. The van der Waals surface area contributed by atoms with Gasteiger partial charge in [-0.1, -0.05) is 25.8 Å². The van der Waals surface area contributed by atoms with E-state index in [1.165, 1.54) is 17.3 Å². The number of unbranched alkanes of at least 4 members (excludes halogenated alkanes) is 2. The fourth-order valence-electron chi connectivity index (χ4n) is 4.58. The Balaban J connectivity index is 1.71. The summed E-state index contributed by atoms with van der Waals surface area (Å²) in [6, 6.07) is 7.88. The van der Waals surface area contributed by atoms with Gasteiger partial charge >= 0.3 is 0 Å². The first-order chi connectivity index (χ1) is 18.5. The first-order valence-corrected chi connectivity index (χ1v) is 13.1. The van der Waals surface area contributed by atoms with Crippen LogP contribution in [0, 0.1) is 0 Å². The summed E-state index contributed by atoms with van der Waals surface area (Å²) < 4.78 is 13.8. The highest BCUT2D eigenvalue weighted by Crippen LogP contribution is 2.42. The Bertz CT molecular complexity index is 1260. The maximum absolute atomic E-state index is 13.3. The number of aliphatic hydroxyl groups excluding tert-OH is 1. The zero-order chi connectivity index (χ0) is 26.9. The van der Waals surface area contributed by atoms with Gasteiger partial charge in [-0.2, -0.15) is 0 Å². The van der Waals surface area contributed by atoms with Crippen LogP contribution in [0.25, 0.3) is 5.76 Å². The first kappa shape index (κ1) is 26.9. The maximum Gasteiger partial charge on any atom is 0.295 e.